The summed E-state index contributed by atoms with van der Waals surface area (Å²) in [6, 6.07) is 7.13. The zero-order valence-corrected chi connectivity index (χ0v) is 22.3. The fraction of sp³-hybridized carbons (Fsp3) is 0.346. The second-order valence-corrected chi connectivity index (χ2v) is 9.11. The molecule has 2 aromatic carbocycles. The summed E-state index contributed by atoms with van der Waals surface area (Å²) in [6.45, 7) is 1.11. The molecule has 208 valence electrons. The van der Waals surface area contributed by atoms with Crippen LogP contribution in [0.2, 0.25) is 5.02 Å². The van der Waals surface area contributed by atoms with Crippen LogP contribution in [0.15, 0.2) is 36.4 Å². The van der Waals surface area contributed by atoms with Crippen LogP contribution in [0.3, 0.4) is 0 Å². The Balaban J connectivity index is 1.77. The first-order valence-electron chi connectivity index (χ1n) is 12.0. The van der Waals surface area contributed by atoms with E-state index in [-0.39, 0.29) is 36.4 Å². The number of anilines is 1. The molecule has 5 amide bonds. The Kier molecular flexibility index (Phi) is 9.72. The summed E-state index contributed by atoms with van der Waals surface area (Å²) in [5, 5.41) is 17.5. The van der Waals surface area contributed by atoms with E-state index in [1.54, 1.807) is 25.1 Å². The average Bonchev–Trinajstić information content (AvgIpc) is 3.05. The molecule has 0 radical (unpaired) electrons. The molecule has 1 fully saturated rings. The van der Waals surface area contributed by atoms with E-state index >= 15 is 0 Å². The molecule has 0 saturated carbocycles. The van der Waals surface area contributed by atoms with Crippen LogP contribution in [-0.2, 0) is 20.8 Å². The van der Waals surface area contributed by atoms with Crippen LogP contribution in [-0.4, -0.2) is 73.1 Å². The highest BCUT2D eigenvalue weighted by Gasteiger charge is 2.36. The number of ether oxygens (including phenoxy) is 2. The van der Waals surface area contributed by atoms with Gasteiger partial charge in [0.1, 0.15) is 23.9 Å². The van der Waals surface area contributed by atoms with E-state index in [1.807, 2.05) is 0 Å². The number of nitrogens with zero attached hydrogens (tertiary/aromatic N) is 1. The summed E-state index contributed by atoms with van der Waals surface area (Å²) in [5.41, 5.74) is 0.565. The quantitative estimate of drug-likeness (QED) is 0.363. The van der Waals surface area contributed by atoms with Gasteiger partial charge >= 0.3 is 12.0 Å². The van der Waals surface area contributed by atoms with E-state index in [0.717, 1.165) is 4.90 Å². The van der Waals surface area contributed by atoms with Gasteiger partial charge in [-0.2, -0.15) is 0 Å². The lowest BCUT2D eigenvalue weighted by Gasteiger charge is -2.25. The molecule has 0 unspecified atom stereocenters. The number of carbonyl (C=O) groups excluding carboxylic acids is 4. The van der Waals surface area contributed by atoms with Gasteiger partial charge in [0.25, 0.3) is 0 Å². The summed E-state index contributed by atoms with van der Waals surface area (Å²) in [6.07, 6.45) is 0.278. The second kappa shape index (κ2) is 13.0. The zero-order chi connectivity index (χ0) is 28.7. The number of aromatic carboxylic acids is 1. The van der Waals surface area contributed by atoms with E-state index in [4.69, 9.17) is 21.1 Å². The van der Waals surface area contributed by atoms with Crippen molar-refractivity contribution >= 4 is 47.0 Å². The zero-order valence-electron chi connectivity index (χ0n) is 21.6. The molecule has 1 aliphatic rings. The number of imide groups is 1. The third-order valence-corrected chi connectivity index (χ3v) is 6.38. The largest absolute Gasteiger partial charge is 0.496 e. The summed E-state index contributed by atoms with van der Waals surface area (Å²) in [7, 11) is 2.74. The molecule has 4 N–H and O–H groups in total. The molecular formula is C26H29ClN4O8. The summed E-state index contributed by atoms with van der Waals surface area (Å²) < 4.78 is 10.5. The number of benzene rings is 2. The average molecular weight is 561 g/mol. The van der Waals surface area contributed by atoms with Crippen molar-refractivity contribution in [2.24, 2.45) is 5.92 Å². The van der Waals surface area contributed by atoms with Crippen molar-refractivity contribution in [1.29, 1.82) is 0 Å². The standard InChI is InChI=1S/C26H29ClN4O8/c1-4-18(23(33)29-19-7-5-6-17(25(35)36)22(19)39-3)30-26(37)31-13-21(32)28-12-15(24(31)34)10-14-11-16(27)8-9-20(14)38-2/h5-9,11,15,18H,4,10,12-13H2,1-3H3,(H,28,32)(H,29,33)(H,30,37)(H,35,36)/t15-,18-/m1/s1. The normalized spacial score (nSPS) is 16.0. The molecule has 0 spiro atoms. The first kappa shape index (κ1) is 29.2. The summed E-state index contributed by atoms with van der Waals surface area (Å²) in [4.78, 5) is 64.1. The van der Waals surface area contributed by atoms with Gasteiger partial charge in [-0.3, -0.25) is 19.3 Å². The van der Waals surface area contributed by atoms with Crippen LogP contribution < -0.4 is 25.4 Å². The van der Waals surface area contributed by atoms with Crippen LogP contribution in [0.25, 0.3) is 0 Å². The molecule has 2 aromatic rings. The lowest BCUT2D eigenvalue weighted by molar-refractivity contribution is -0.133. The fourth-order valence-electron chi connectivity index (χ4n) is 4.15. The van der Waals surface area contributed by atoms with Crippen LogP contribution in [0, 0.1) is 5.92 Å². The number of para-hydroxylation sites is 1. The maximum Gasteiger partial charge on any atom is 0.339 e. The third kappa shape index (κ3) is 6.96. The number of carboxylic acid groups (broad SMARTS) is 1. The predicted molar refractivity (Wildman–Crippen MR) is 141 cm³/mol. The summed E-state index contributed by atoms with van der Waals surface area (Å²) >= 11 is 6.11. The highest BCUT2D eigenvalue weighted by Crippen LogP contribution is 2.29. The predicted octanol–water partition coefficient (Wildman–Crippen LogP) is 2.30. The van der Waals surface area contributed by atoms with Crippen molar-refractivity contribution in [3.05, 3.63) is 52.5 Å². The Morgan fingerprint density at radius 1 is 1.18 bits per heavy atom. The van der Waals surface area contributed by atoms with E-state index in [9.17, 15) is 29.1 Å². The Morgan fingerprint density at radius 2 is 1.92 bits per heavy atom. The van der Waals surface area contributed by atoms with Gasteiger partial charge in [0.2, 0.25) is 17.7 Å². The molecule has 1 aliphatic heterocycles. The van der Waals surface area contributed by atoms with Gasteiger partial charge in [0.05, 0.1) is 25.8 Å². The number of hydrogen-bond donors (Lipinski definition) is 4. The van der Waals surface area contributed by atoms with Crippen LogP contribution in [0.4, 0.5) is 10.5 Å². The van der Waals surface area contributed by atoms with Crippen molar-refractivity contribution in [1.82, 2.24) is 15.5 Å². The van der Waals surface area contributed by atoms with Crippen molar-refractivity contribution in [2.75, 3.05) is 32.6 Å². The molecule has 0 aliphatic carbocycles. The van der Waals surface area contributed by atoms with Crippen LogP contribution >= 0.6 is 11.6 Å². The van der Waals surface area contributed by atoms with E-state index in [1.165, 1.54) is 32.4 Å². The topological polar surface area (TPSA) is 163 Å². The fourth-order valence-corrected chi connectivity index (χ4v) is 4.34. The summed E-state index contributed by atoms with van der Waals surface area (Å²) in [5.74, 6) is -3.41. The van der Waals surface area contributed by atoms with Crippen molar-refractivity contribution in [2.45, 2.75) is 25.8 Å². The molecule has 0 bridgehead atoms. The maximum absolute atomic E-state index is 13.4. The molecule has 1 heterocycles. The SMILES string of the molecule is CC[C@@H](NC(=O)N1CC(=O)NC[C@@H](Cc2cc(Cl)ccc2OC)C1=O)C(=O)Nc1cccc(C(=O)O)c1OC. The molecule has 2 atom stereocenters. The minimum absolute atomic E-state index is 0.00544. The number of amides is 5. The van der Waals surface area contributed by atoms with Gasteiger partial charge in [-0.15, -0.1) is 0 Å². The van der Waals surface area contributed by atoms with E-state index in [2.05, 4.69) is 16.0 Å². The smallest absolute Gasteiger partial charge is 0.339 e. The minimum Gasteiger partial charge on any atom is -0.496 e. The number of halogens is 1. The Labute approximate surface area is 229 Å². The van der Waals surface area contributed by atoms with E-state index in [0.29, 0.717) is 16.3 Å². The van der Waals surface area contributed by atoms with Gasteiger partial charge in [0, 0.05) is 11.6 Å². The van der Waals surface area contributed by atoms with Crippen molar-refractivity contribution in [3.8, 4) is 11.5 Å². The van der Waals surface area contributed by atoms with Gasteiger partial charge in [0.15, 0.2) is 5.75 Å². The Hall–Kier alpha value is -4.32. The lowest BCUT2D eigenvalue weighted by atomic mass is 9.97. The Morgan fingerprint density at radius 3 is 2.56 bits per heavy atom. The second-order valence-electron chi connectivity index (χ2n) is 8.68. The van der Waals surface area contributed by atoms with Gasteiger partial charge in [-0.05, 0) is 48.7 Å². The molecule has 39 heavy (non-hydrogen) atoms. The highest BCUT2D eigenvalue weighted by molar-refractivity contribution is 6.30. The van der Waals surface area contributed by atoms with Gasteiger partial charge in [-0.1, -0.05) is 24.6 Å². The Bertz CT molecular complexity index is 1280. The number of carboxylic acids is 1. The number of nitrogens with one attached hydrogen (secondary N) is 3. The lowest BCUT2D eigenvalue weighted by Crippen LogP contribution is -2.53. The minimum atomic E-state index is -1.24. The highest BCUT2D eigenvalue weighted by atomic mass is 35.5. The third-order valence-electron chi connectivity index (χ3n) is 6.15. The molecule has 12 nitrogen and oxygen atoms in total. The molecule has 3 rings (SSSR count). The first-order valence-corrected chi connectivity index (χ1v) is 12.4. The number of carbonyl (C=O) groups is 5. The number of hydrogen-bond acceptors (Lipinski definition) is 7. The van der Waals surface area contributed by atoms with Gasteiger partial charge in [-0.25, -0.2) is 9.59 Å². The number of rotatable bonds is 9. The number of urea groups is 1. The monoisotopic (exact) mass is 560 g/mol. The van der Waals surface area contributed by atoms with Crippen molar-refractivity contribution in [3.63, 3.8) is 0 Å². The van der Waals surface area contributed by atoms with Gasteiger partial charge < -0.3 is 30.5 Å². The van der Waals surface area contributed by atoms with Crippen LogP contribution in [0.1, 0.15) is 29.3 Å². The molecule has 1 saturated heterocycles. The number of methoxy groups -OCH3 is 2. The maximum atomic E-state index is 13.4. The molecule has 13 heteroatoms. The molecule has 0 aromatic heterocycles. The molecular weight excluding hydrogens is 532 g/mol. The van der Waals surface area contributed by atoms with E-state index < -0.39 is 48.2 Å². The first-order chi connectivity index (χ1) is 18.6. The van der Waals surface area contributed by atoms with Crippen LogP contribution in [0.5, 0.6) is 11.5 Å². The van der Waals surface area contributed by atoms with Crippen molar-refractivity contribution < 1.29 is 38.6 Å².